The Balaban J connectivity index is 1.77. The van der Waals surface area contributed by atoms with Crippen molar-refractivity contribution in [1.82, 2.24) is 5.32 Å². The van der Waals surface area contributed by atoms with Crippen molar-refractivity contribution < 1.29 is 14.5 Å². The lowest BCUT2D eigenvalue weighted by atomic mass is 10.1. The van der Waals surface area contributed by atoms with Crippen molar-refractivity contribution in [3.05, 3.63) is 59.0 Å². The molecule has 1 amide bonds. The summed E-state index contributed by atoms with van der Waals surface area (Å²) < 4.78 is 5.15. The van der Waals surface area contributed by atoms with E-state index >= 15 is 0 Å². The van der Waals surface area contributed by atoms with Gasteiger partial charge in [-0.3, -0.25) is 4.79 Å². The van der Waals surface area contributed by atoms with Crippen LogP contribution in [0.1, 0.15) is 24.3 Å². The number of quaternary nitrogens is 1. The molecule has 20 heavy (non-hydrogen) atoms. The minimum atomic E-state index is -0.0275. The molecule has 0 aliphatic carbocycles. The van der Waals surface area contributed by atoms with E-state index in [0.29, 0.717) is 13.1 Å². The molecule has 1 aromatic heterocycles. The van der Waals surface area contributed by atoms with Gasteiger partial charge in [-0.1, -0.05) is 29.8 Å². The highest BCUT2D eigenvalue weighted by Gasteiger charge is 2.13. The number of halogens is 1. The van der Waals surface area contributed by atoms with Crippen LogP contribution in [0.25, 0.3) is 0 Å². The SMILES string of the molecule is C[C@H]([NH2+]CC(=O)NCc1ccco1)c1ccccc1Cl. The van der Waals surface area contributed by atoms with Gasteiger partial charge in [0.05, 0.1) is 12.8 Å². The predicted octanol–water partition coefficient (Wildman–Crippen LogP) is 1.87. The summed E-state index contributed by atoms with van der Waals surface area (Å²) in [5.41, 5.74) is 1.04. The van der Waals surface area contributed by atoms with Gasteiger partial charge in [0.15, 0.2) is 6.54 Å². The highest BCUT2D eigenvalue weighted by molar-refractivity contribution is 6.31. The van der Waals surface area contributed by atoms with E-state index in [-0.39, 0.29) is 11.9 Å². The average Bonchev–Trinajstić information content (AvgIpc) is 2.96. The Kier molecular flexibility index (Phi) is 5.21. The Labute approximate surface area is 123 Å². The standard InChI is InChI=1S/C15H17ClN2O2/c1-11(13-6-2-3-7-14(13)16)17-10-15(19)18-9-12-5-4-8-20-12/h2-8,11,17H,9-10H2,1H3,(H,18,19)/p+1/t11-/m0/s1. The van der Waals surface area contributed by atoms with E-state index in [4.69, 9.17) is 16.0 Å². The second kappa shape index (κ2) is 7.12. The largest absolute Gasteiger partial charge is 0.467 e. The summed E-state index contributed by atoms with van der Waals surface area (Å²) in [4.78, 5) is 11.7. The zero-order valence-electron chi connectivity index (χ0n) is 11.3. The maximum atomic E-state index is 11.7. The van der Waals surface area contributed by atoms with Gasteiger partial charge in [0.25, 0.3) is 5.91 Å². The fourth-order valence-corrected chi connectivity index (χ4v) is 2.23. The van der Waals surface area contributed by atoms with Crippen LogP contribution in [0.5, 0.6) is 0 Å². The molecule has 5 heteroatoms. The number of amides is 1. The number of benzene rings is 1. The van der Waals surface area contributed by atoms with E-state index in [0.717, 1.165) is 16.3 Å². The maximum Gasteiger partial charge on any atom is 0.275 e. The Morgan fingerprint density at radius 3 is 2.85 bits per heavy atom. The van der Waals surface area contributed by atoms with E-state index in [1.54, 1.807) is 12.3 Å². The monoisotopic (exact) mass is 293 g/mol. The number of furan rings is 1. The molecule has 0 saturated heterocycles. The van der Waals surface area contributed by atoms with Crippen molar-refractivity contribution in [2.24, 2.45) is 0 Å². The topological polar surface area (TPSA) is 58.9 Å². The molecule has 0 unspecified atom stereocenters. The molecule has 0 radical (unpaired) electrons. The third-order valence-electron chi connectivity index (χ3n) is 3.09. The lowest BCUT2D eigenvalue weighted by Gasteiger charge is -2.12. The van der Waals surface area contributed by atoms with E-state index in [1.807, 2.05) is 42.6 Å². The second-order valence-electron chi connectivity index (χ2n) is 4.61. The van der Waals surface area contributed by atoms with Crippen molar-refractivity contribution in [3.8, 4) is 0 Å². The summed E-state index contributed by atoms with van der Waals surface area (Å²) in [6.07, 6.45) is 1.59. The maximum absolute atomic E-state index is 11.7. The van der Waals surface area contributed by atoms with Gasteiger partial charge in [-0.15, -0.1) is 0 Å². The summed E-state index contributed by atoms with van der Waals surface area (Å²) in [7, 11) is 0. The van der Waals surface area contributed by atoms with E-state index in [9.17, 15) is 4.79 Å². The van der Waals surface area contributed by atoms with Gasteiger partial charge in [-0.05, 0) is 25.1 Å². The lowest BCUT2D eigenvalue weighted by Crippen LogP contribution is -2.87. The van der Waals surface area contributed by atoms with Gasteiger partial charge in [-0.25, -0.2) is 0 Å². The molecule has 0 bridgehead atoms. The van der Waals surface area contributed by atoms with Crippen LogP contribution in [0.4, 0.5) is 0 Å². The van der Waals surface area contributed by atoms with Crippen LogP contribution in [0.2, 0.25) is 5.02 Å². The van der Waals surface area contributed by atoms with Gasteiger partial charge in [-0.2, -0.15) is 0 Å². The molecule has 2 rings (SSSR count). The number of nitrogens with one attached hydrogen (secondary N) is 1. The first-order valence-corrected chi connectivity index (χ1v) is 6.91. The minimum Gasteiger partial charge on any atom is -0.467 e. The Morgan fingerprint density at radius 1 is 1.35 bits per heavy atom. The van der Waals surface area contributed by atoms with Crippen LogP contribution in [-0.2, 0) is 11.3 Å². The molecule has 3 N–H and O–H groups in total. The van der Waals surface area contributed by atoms with Gasteiger partial charge in [0, 0.05) is 10.6 Å². The second-order valence-corrected chi connectivity index (χ2v) is 5.01. The smallest absolute Gasteiger partial charge is 0.275 e. The van der Waals surface area contributed by atoms with Crippen molar-refractivity contribution in [2.75, 3.05) is 6.54 Å². The lowest BCUT2D eigenvalue weighted by molar-refractivity contribution is -0.682. The highest BCUT2D eigenvalue weighted by atomic mass is 35.5. The first kappa shape index (κ1) is 14.6. The van der Waals surface area contributed by atoms with Crippen LogP contribution in [-0.4, -0.2) is 12.5 Å². The molecule has 4 nitrogen and oxygen atoms in total. The number of nitrogens with two attached hydrogens (primary N) is 1. The molecule has 1 atom stereocenters. The summed E-state index contributed by atoms with van der Waals surface area (Å²) >= 11 is 6.13. The molecule has 2 aromatic rings. The molecule has 0 spiro atoms. The molecule has 0 aliphatic rings. The average molecular weight is 294 g/mol. The summed E-state index contributed by atoms with van der Waals surface area (Å²) in [6.45, 7) is 2.80. The van der Waals surface area contributed by atoms with E-state index < -0.39 is 0 Å². The molecule has 1 aromatic carbocycles. The quantitative estimate of drug-likeness (QED) is 0.854. The summed E-state index contributed by atoms with van der Waals surface area (Å²) in [5, 5.41) is 5.50. The number of rotatable bonds is 6. The zero-order chi connectivity index (χ0) is 14.4. The fourth-order valence-electron chi connectivity index (χ4n) is 1.93. The van der Waals surface area contributed by atoms with Crippen LogP contribution < -0.4 is 10.6 Å². The van der Waals surface area contributed by atoms with Gasteiger partial charge in [0.1, 0.15) is 11.8 Å². The van der Waals surface area contributed by atoms with Gasteiger partial charge < -0.3 is 15.1 Å². The highest BCUT2D eigenvalue weighted by Crippen LogP contribution is 2.19. The fraction of sp³-hybridized carbons (Fsp3) is 0.267. The minimum absolute atomic E-state index is 0.0275. The van der Waals surface area contributed by atoms with Crippen molar-refractivity contribution >= 4 is 17.5 Å². The number of hydrogen-bond donors (Lipinski definition) is 2. The van der Waals surface area contributed by atoms with Crippen LogP contribution >= 0.6 is 11.6 Å². The summed E-state index contributed by atoms with van der Waals surface area (Å²) in [6, 6.07) is 11.4. The van der Waals surface area contributed by atoms with Gasteiger partial charge >= 0.3 is 0 Å². The molecule has 0 saturated carbocycles. The Hall–Kier alpha value is -1.78. The third-order valence-corrected chi connectivity index (χ3v) is 3.44. The third kappa shape index (κ3) is 4.11. The van der Waals surface area contributed by atoms with Crippen LogP contribution in [0, 0.1) is 0 Å². The van der Waals surface area contributed by atoms with E-state index in [2.05, 4.69) is 5.32 Å². The number of carbonyl (C=O) groups is 1. The predicted molar refractivity (Wildman–Crippen MR) is 77.2 cm³/mol. The zero-order valence-corrected chi connectivity index (χ0v) is 12.1. The molecule has 0 fully saturated rings. The number of carbonyl (C=O) groups excluding carboxylic acids is 1. The molecule has 0 aliphatic heterocycles. The van der Waals surface area contributed by atoms with Crippen LogP contribution in [0.15, 0.2) is 47.1 Å². The Bertz CT molecular complexity index is 555. The number of hydrogen-bond acceptors (Lipinski definition) is 2. The Morgan fingerprint density at radius 2 is 2.15 bits per heavy atom. The van der Waals surface area contributed by atoms with Crippen molar-refractivity contribution in [1.29, 1.82) is 0 Å². The van der Waals surface area contributed by atoms with Crippen molar-refractivity contribution in [3.63, 3.8) is 0 Å². The normalized spacial score (nSPS) is 12.1. The summed E-state index contributed by atoms with van der Waals surface area (Å²) in [5.74, 6) is 0.720. The molecule has 1 heterocycles. The molecule has 106 valence electrons. The van der Waals surface area contributed by atoms with E-state index in [1.165, 1.54) is 0 Å². The first-order chi connectivity index (χ1) is 9.66. The first-order valence-electron chi connectivity index (χ1n) is 6.53. The van der Waals surface area contributed by atoms with Crippen molar-refractivity contribution in [2.45, 2.75) is 19.5 Å². The molecular weight excluding hydrogens is 276 g/mol. The molecular formula is C15H18ClN2O2+. The van der Waals surface area contributed by atoms with Gasteiger partial charge in [0.2, 0.25) is 0 Å². The van der Waals surface area contributed by atoms with Crippen LogP contribution in [0.3, 0.4) is 0 Å².